The van der Waals surface area contributed by atoms with Crippen molar-refractivity contribution >= 4 is 10.7 Å². The van der Waals surface area contributed by atoms with Gasteiger partial charge in [0.25, 0.3) is 0 Å². The highest BCUT2D eigenvalue weighted by Gasteiger charge is 2.05. The normalized spacial score (nSPS) is 13.3. The van der Waals surface area contributed by atoms with Gasteiger partial charge < -0.3 is 0 Å². The van der Waals surface area contributed by atoms with Crippen LogP contribution in [0.2, 0.25) is 0 Å². The van der Waals surface area contributed by atoms with Crippen molar-refractivity contribution in [2.45, 2.75) is 5.25 Å². The molecule has 0 aromatic heterocycles. The molecule has 0 saturated heterocycles. The summed E-state index contributed by atoms with van der Waals surface area (Å²) in [5.41, 5.74) is 0.739. The lowest BCUT2D eigenvalue weighted by Gasteiger charge is -2.01. The SMILES string of the molecule is [CH2]C(c1ccccc1)[SH](=O)=O. The molecule has 1 aromatic carbocycles. The molecule has 1 unspecified atom stereocenters. The second-order valence-electron chi connectivity index (χ2n) is 2.21. The minimum absolute atomic E-state index is 0.619. The Morgan fingerprint density at radius 1 is 1.18 bits per heavy atom. The smallest absolute Gasteiger partial charge is 0.147 e. The zero-order valence-electron chi connectivity index (χ0n) is 5.93. The molecule has 0 amide bonds. The highest BCUT2D eigenvalue weighted by molar-refractivity contribution is 7.72. The first-order chi connectivity index (χ1) is 5.22. The van der Waals surface area contributed by atoms with Crippen LogP contribution in [0.3, 0.4) is 0 Å². The van der Waals surface area contributed by atoms with E-state index in [4.69, 9.17) is 0 Å². The number of hydrogen-bond donors (Lipinski definition) is 1. The van der Waals surface area contributed by atoms with Crippen LogP contribution in [-0.4, -0.2) is 8.42 Å². The Morgan fingerprint density at radius 2 is 1.73 bits per heavy atom. The average Bonchev–Trinajstić information content (AvgIpc) is 2.05. The van der Waals surface area contributed by atoms with E-state index in [1.54, 1.807) is 24.3 Å². The summed E-state index contributed by atoms with van der Waals surface area (Å²) in [5.74, 6) is 0. The van der Waals surface area contributed by atoms with E-state index in [0.717, 1.165) is 5.56 Å². The van der Waals surface area contributed by atoms with Crippen molar-refractivity contribution in [3.63, 3.8) is 0 Å². The van der Waals surface area contributed by atoms with Gasteiger partial charge in [0.2, 0.25) is 0 Å². The van der Waals surface area contributed by atoms with Crippen LogP contribution in [0.15, 0.2) is 30.3 Å². The van der Waals surface area contributed by atoms with Gasteiger partial charge in [0, 0.05) is 0 Å². The van der Waals surface area contributed by atoms with E-state index in [9.17, 15) is 8.42 Å². The Labute approximate surface area is 67.8 Å². The predicted molar refractivity (Wildman–Crippen MR) is 44.9 cm³/mol. The summed E-state index contributed by atoms with van der Waals surface area (Å²) in [6, 6.07) is 8.94. The molecule has 59 valence electrons. The van der Waals surface area contributed by atoms with Crippen LogP contribution in [-0.2, 0) is 10.7 Å². The molecule has 1 aromatic rings. The van der Waals surface area contributed by atoms with Gasteiger partial charge in [-0.2, -0.15) is 0 Å². The van der Waals surface area contributed by atoms with Crippen molar-refractivity contribution in [2.75, 3.05) is 0 Å². The summed E-state index contributed by atoms with van der Waals surface area (Å²) in [7, 11) is -2.45. The summed E-state index contributed by atoms with van der Waals surface area (Å²) in [4.78, 5) is 0. The van der Waals surface area contributed by atoms with Gasteiger partial charge >= 0.3 is 0 Å². The first-order valence-corrected chi connectivity index (χ1v) is 4.48. The fourth-order valence-electron chi connectivity index (χ4n) is 0.797. The molecule has 0 bridgehead atoms. The van der Waals surface area contributed by atoms with Crippen LogP contribution in [0.4, 0.5) is 0 Å². The van der Waals surface area contributed by atoms with Gasteiger partial charge in [0.15, 0.2) is 0 Å². The molecular formula is C8H9O2S. The van der Waals surface area contributed by atoms with Gasteiger partial charge in [-0.3, -0.25) is 0 Å². The molecule has 2 nitrogen and oxygen atoms in total. The second-order valence-corrected chi connectivity index (χ2v) is 3.41. The van der Waals surface area contributed by atoms with Crippen molar-refractivity contribution in [2.24, 2.45) is 0 Å². The molecule has 1 radical (unpaired) electrons. The molecule has 0 N–H and O–H groups in total. The van der Waals surface area contributed by atoms with Gasteiger partial charge in [0.1, 0.15) is 10.7 Å². The Balaban J connectivity index is 2.94. The summed E-state index contributed by atoms with van der Waals surface area (Å²) >= 11 is 0. The summed E-state index contributed by atoms with van der Waals surface area (Å²) in [6.45, 7) is 3.51. The molecule has 0 aliphatic rings. The monoisotopic (exact) mass is 169 g/mol. The molecule has 3 heteroatoms. The maximum atomic E-state index is 10.5. The quantitative estimate of drug-likeness (QED) is 0.674. The minimum atomic E-state index is -2.45. The van der Waals surface area contributed by atoms with Gasteiger partial charge in [-0.15, -0.1) is 0 Å². The standard InChI is InChI=1S/C8H9O2S/c1-7(11(9)10)8-5-3-2-4-6-8/h2-7,11H,1H2. The first-order valence-electron chi connectivity index (χ1n) is 3.23. The third kappa shape index (κ3) is 2.05. The van der Waals surface area contributed by atoms with Gasteiger partial charge in [-0.25, -0.2) is 8.42 Å². The Kier molecular flexibility index (Phi) is 2.65. The highest BCUT2D eigenvalue weighted by Crippen LogP contribution is 2.13. The largest absolute Gasteiger partial charge is 0.231 e. The van der Waals surface area contributed by atoms with E-state index in [2.05, 4.69) is 6.92 Å². The zero-order chi connectivity index (χ0) is 8.27. The summed E-state index contributed by atoms with van der Waals surface area (Å²) in [5, 5.41) is -0.619. The third-order valence-electron chi connectivity index (χ3n) is 1.44. The molecule has 1 atom stereocenters. The lowest BCUT2D eigenvalue weighted by molar-refractivity contribution is 0.609. The van der Waals surface area contributed by atoms with E-state index in [1.807, 2.05) is 6.07 Å². The van der Waals surface area contributed by atoms with Crippen LogP contribution < -0.4 is 0 Å². The second kappa shape index (κ2) is 3.53. The fraction of sp³-hybridized carbons (Fsp3) is 0.125. The average molecular weight is 169 g/mol. The first kappa shape index (κ1) is 8.27. The molecule has 11 heavy (non-hydrogen) atoms. The maximum absolute atomic E-state index is 10.5. The van der Waals surface area contributed by atoms with Crippen LogP contribution in [0.5, 0.6) is 0 Å². The van der Waals surface area contributed by atoms with E-state index < -0.39 is 16.0 Å². The van der Waals surface area contributed by atoms with Crippen molar-refractivity contribution in [1.82, 2.24) is 0 Å². The van der Waals surface area contributed by atoms with Crippen LogP contribution in [0, 0.1) is 6.92 Å². The molecule has 1 rings (SSSR count). The van der Waals surface area contributed by atoms with Gasteiger partial charge in [-0.1, -0.05) is 30.3 Å². The van der Waals surface area contributed by atoms with Crippen molar-refractivity contribution in [3.05, 3.63) is 42.8 Å². The lowest BCUT2D eigenvalue weighted by Crippen LogP contribution is -1.93. The number of thiol groups is 1. The van der Waals surface area contributed by atoms with Crippen LogP contribution in [0.25, 0.3) is 0 Å². The van der Waals surface area contributed by atoms with Gasteiger partial charge in [0.05, 0.1) is 5.25 Å². The Hall–Kier alpha value is -0.830. The lowest BCUT2D eigenvalue weighted by atomic mass is 10.2. The summed E-state index contributed by atoms with van der Waals surface area (Å²) < 4.78 is 20.9. The molecule has 0 spiro atoms. The topological polar surface area (TPSA) is 34.1 Å². The highest BCUT2D eigenvalue weighted by atomic mass is 32.2. The van der Waals surface area contributed by atoms with E-state index >= 15 is 0 Å². The van der Waals surface area contributed by atoms with E-state index in [0.29, 0.717) is 0 Å². The number of hydrogen-bond acceptors (Lipinski definition) is 2. The van der Waals surface area contributed by atoms with Gasteiger partial charge in [-0.05, 0) is 12.5 Å². The van der Waals surface area contributed by atoms with Crippen LogP contribution >= 0.6 is 0 Å². The van der Waals surface area contributed by atoms with Crippen molar-refractivity contribution < 1.29 is 8.42 Å². The van der Waals surface area contributed by atoms with Crippen molar-refractivity contribution in [3.8, 4) is 0 Å². The molecule has 0 aliphatic carbocycles. The van der Waals surface area contributed by atoms with E-state index in [-0.39, 0.29) is 0 Å². The summed E-state index contributed by atoms with van der Waals surface area (Å²) in [6.07, 6.45) is 0. The maximum Gasteiger partial charge on any atom is 0.147 e. The zero-order valence-corrected chi connectivity index (χ0v) is 6.83. The van der Waals surface area contributed by atoms with Crippen molar-refractivity contribution in [1.29, 1.82) is 0 Å². The molecule has 0 heterocycles. The number of benzene rings is 1. The Morgan fingerprint density at radius 3 is 2.18 bits per heavy atom. The molecule has 0 aliphatic heterocycles. The number of rotatable bonds is 2. The Bertz CT molecular complexity index is 282. The van der Waals surface area contributed by atoms with Crippen LogP contribution in [0.1, 0.15) is 10.8 Å². The molecule has 0 saturated carbocycles. The molecule has 0 fully saturated rings. The minimum Gasteiger partial charge on any atom is -0.231 e. The molecular weight excluding hydrogens is 160 g/mol. The third-order valence-corrected chi connectivity index (χ3v) is 2.25. The van der Waals surface area contributed by atoms with E-state index in [1.165, 1.54) is 0 Å². The predicted octanol–water partition coefficient (Wildman–Crippen LogP) is 1.17. The fourth-order valence-corrected chi connectivity index (χ4v) is 1.21.